The van der Waals surface area contributed by atoms with Crippen molar-refractivity contribution < 1.29 is 14.7 Å². The lowest BCUT2D eigenvalue weighted by atomic mass is 9.82. The average molecular weight is 265 g/mol. The maximum absolute atomic E-state index is 12.3. The number of carboxylic acid groups (broad SMARTS) is 1. The summed E-state index contributed by atoms with van der Waals surface area (Å²) in [5.74, 6) is -0.817. The van der Waals surface area contributed by atoms with Gasteiger partial charge in [0.25, 0.3) is 0 Å². The van der Waals surface area contributed by atoms with Crippen LogP contribution in [0, 0.1) is 23.7 Å². The summed E-state index contributed by atoms with van der Waals surface area (Å²) in [6.07, 6.45) is 6.93. The first-order chi connectivity index (χ1) is 9.00. The third-order valence-corrected chi connectivity index (χ3v) is 4.88. The number of amides is 1. The number of carboxylic acids is 1. The molecule has 2 aliphatic rings. The zero-order valence-corrected chi connectivity index (χ0v) is 11.6. The molecule has 4 nitrogen and oxygen atoms in total. The monoisotopic (exact) mass is 265 g/mol. The molecule has 0 radical (unpaired) electrons. The molecule has 0 spiro atoms. The molecule has 0 heterocycles. The lowest BCUT2D eigenvalue weighted by Gasteiger charge is -2.27. The molecule has 0 bridgehead atoms. The lowest BCUT2D eigenvalue weighted by Crippen LogP contribution is -2.44. The zero-order chi connectivity index (χ0) is 14.0. The Balaban J connectivity index is 1.99. The van der Waals surface area contributed by atoms with Gasteiger partial charge in [0.15, 0.2) is 0 Å². The maximum atomic E-state index is 12.3. The molecule has 1 fully saturated rings. The molecule has 3 unspecified atom stereocenters. The fourth-order valence-corrected chi connectivity index (χ4v) is 3.24. The molecular weight excluding hydrogens is 242 g/mol. The van der Waals surface area contributed by atoms with Crippen molar-refractivity contribution in [1.29, 1.82) is 0 Å². The molecule has 2 N–H and O–H groups in total. The van der Waals surface area contributed by atoms with Crippen molar-refractivity contribution in [2.45, 2.75) is 45.6 Å². The van der Waals surface area contributed by atoms with E-state index in [-0.39, 0.29) is 11.9 Å². The van der Waals surface area contributed by atoms with Crippen molar-refractivity contribution in [2.24, 2.45) is 23.7 Å². The van der Waals surface area contributed by atoms with Gasteiger partial charge in [0.1, 0.15) is 0 Å². The molecule has 2 aliphatic carbocycles. The van der Waals surface area contributed by atoms with Crippen LogP contribution in [-0.4, -0.2) is 23.0 Å². The van der Waals surface area contributed by atoms with Gasteiger partial charge in [0.05, 0.1) is 11.8 Å². The Morgan fingerprint density at radius 2 is 1.74 bits per heavy atom. The number of hydrogen-bond donors (Lipinski definition) is 2. The topological polar surface area (TPSA) is 66.4 Å². The Hall–Kier alpha value is -1.32. The van der Waals surface area contributed by atoms with E-state index in [1.807, 2.05) is 12.2 Å². The Labute approximate surface area is 114 Å². The van der Waals surface area contributed by atoms with E-state index in [1.165, 1.54) is 0 Å². The molecule has 2 rings (SSSR count). The van der Waals surface area contributed by atoms with Gasteiger partial charge in [-0.2, -0.15) is 0 Å². The molecule has 0 aliphatic heterocycles. The van der Waals surface area contributed by atoms with E-state index in [0.717, 1.165) is 12.8 Å². The molecule has 0 aromatic carbocycles. The molecule has 0 aromatic heterocycles. The highest BCUT2D eigenvalue weighted by Gasteiger charge is 2.37. The van der Waals surface area contributed by atoms with E-state index >= 15 is 0 Å². The van der Waals surface area contributed by atoms with Crippen LogP contribution in [0.15, 0.2) is 12.2 Å². The normalized spacial score (nSPS) is 38.1. The van der Waals surface area contributed by atoms with E-state index in [1.54, 1.807) is 0 Å². The first-order valence-corrected chi connectivity index (χ1v) is 7.19. The molecule has 1 saturated carbocycles. The number of aliphatic carboxylic acids is 1. The minimum absolute atomic E-state index is 0.0808. The van der Waals surface area contributed by atoms with Gasteiger partial charge in [-0.15, -0.1) is 0 Å². The van der Waals surface area contributed by atoms with Crippen LogP contribution in [0.3, 0.4) is 0 Å². The van der Waals surface area contributed by atoms with Gasteiger partial charge in [0.2, 0.25) is 5.91 Å². The Morgan fingerprint density at radius 1 is 1.11 bits per heavy atom. The highest BCUT2D eigenvalue weighted by atomic mass is 16.4. The van der Waals surface area contributed by atoms with Gasteiger partial charge in [0, 0.05) is 6.04 Å². The third kappa shape index (κ3) is 2.99. The van der Waals surface area contributed by atoms with Gasteiger partial charge >= 0.3 is 5.97 Å². The van der Waals surface area contributed by atoms with Crippen molar-refractivity contribution in [1.82, 2.24) is 5.32 Å². The number of carbonyl (C=O) groups is 2. The van der Waals surface area contributed by atoms with Crippen molar-refractivity contribution >= 4 is 11.9 Å². The van der Waals surface area contributed by atoms with Crippen molar-refractivity contribution in [3.05, 3.63) is 12.2 Å². The Morgan fingerprint density at radius 3 is 2.26 bits per heavy atom. The summed E-state index contributed by atoms with van der Waals surface area (Å²) in [5, 5.41) is 12.3. The second-order valence-electron chi connectivity index (χ2n) is 6.02. The number of rotatable bonds is 3. The van der Waals surface area contributed by atoms with Crippen molar-refractivity contribution in [3.8, 4) is 0 Å². The van der Waals surface area contributed by atoms with Crippen molar-refractivity contribution in [3.63, 3.8) is 0 Å². The average Bonchev–Trinajstić information content (AvgIpc) is 2.70. The minimum atomic E-state index is -0.864. The third-order valence-electron chi connectivity index (χ3n) is 4.88. The zero-order valence-electron chi connectivity index (χ0n) is 11.6. The highest BCUT2D eigenvalue weighted by molar-refractivity contribution is 5.85. The second kappa shape index (κ2) is 5.76. The summed E-state index contributed by atoms with van der Waals surface area (Å²) in [6, 6.07) is 0.211. The summed E-state index contributed by atoms with van der Waals surface area (Å²) in [6.45, 7) is 4.37. The van der Waals surface area contributed by atoms with Gasteiger partial charge in [-0.3, -0.25) is 9.59 Å². The fraction of sp³-hybridized carbons (Fsp3) is 0.733. The van der Waals surface area contributed by atoms with Gasteiger partial charge in [-0.25, -0.2) is 0 Å². The van der Waals surface area contributed by atoms with Crippen LogP contribution in [0.25, 0.3) is 0 Å². The molecule has 4 heteroatoms. The van der Waals surface area contributed by atoms with Gasteiger partial charge in [-0.05, 0) is 37.5 Å². The summed E-state index contributed by atoms with van der Waals surface area (Å²) >= 11 is 0. The summed E-state index contributed by atoms with van der Waals surface area (Å²) in [4.78, 5) is 23.5. The quantitative estimate of drug-likeness (QED) is 0.769. The van der Waals surface area contributed by atoms with Crippen LogP contribution in [0.4, 0.5) is 0 Å². The number of hydrogen-bond acceptors (Lipinski definition) is 2. The molecular formula is C15H23NO3. The summed E-state index contributed by atoms with van der Waals surface area (Å²) < 4.78 is 0. The predicted molar refractivity (Wildman–Crippen MR) is 72.5 cm³/mol. The standard InChI is InChI=1S/C15H23NO3/c1-9-7-8-13(10(9)2)16-14(17)11-5-3-4-6-12(11)15(18)19/h3-4,9-13H,5-8H2,1-2H3,(H,16,17)(H,18,19)/t9?,10?,11-,12+,13?/m1/s1. The summed E-state index contributed by atoms with van der Waals surface area (Å²) in [7, 11) is 0. The molecule has 5 atom stereocenters. The molecule has 0 saturated heterocycles. The maximum Gasteiger partial charge on any atom is 0.307 e. The first kappa shape index (κ1) is 14.1. The first-order valence-electron chi connectivity index (χ1n) is 7.19. The van der Waals surface area contributed by atoms with E-state index in [0.29, 0.717) is 24.7 Å². The number of allylic oxidation sites excluding steroid dienone is 2. The second-order valence-corrected chi connectivity index (χ2v) is 6.02. The number of carbonyl (C=O) groups excluding carboxylic acids is 1. The largest absolute Gasteiger partial charge is 0.481 e. The molecule has 106 valence electrons. The van der Waals surface area contributed by atoms with Crippen LogP contribution in [0.1, 0.15) is 39.5 Å². The highest BCUT2D eigenvalue weighted by Crippen LogP contribution is 2.32. The van der Waals surface area contributed by atoms with E-state index in [4.69, 9.17) is 0 Å². The molecule has 1 amide bonds. The predicted octanol–water partition coefficient (Wildman–Crippen LogP) is 2.20. The van der Waals surface area contributed by atoms with Gasteiger partial charge < -0.3 is 10.4 Å². The van der Waals surface area contributed by atoms with E-state index in [2.05, 4.69) is 19.2 Å². The van der Waals surface area contributed by atoms with Crippen molar-refractivity contribution in [2.75, 3.05) is 0 Å². The van der Waals surface area contributed by atoms with Crippen LogP contribution in [0.2, 0.25) is 0 Å². The Bertz CT molecular complexity index is 391. The summed E-state index contributed by atoms with van der Waals surface area (Å²) in [5.41, 5.74) is 0. The molecule has 0 aromatic rings. The van der Waals surface area contributed by atoms with E-state index < -0.39 is 17.8 Å². The smallest absolute Gasteiger partial charge is 0.307 e. The van der Waals surface area contributed by atoms with Crippen LogP contribution < -0.4 is 5.32 Å². The minimum Gasteiger partial charge on any atom is -0.481 e. The van der Waals surface area contributed by atoms with Crippen LogP contribution >= 0.6 is 0 Å². The van der Waals surface area contributed by atoms with Crippen LogP contribution in [0.5, 0.6) is 0 Å². The lowest BCUT2D eigenvalue weighted by molar-refractivity contribution is -0.147. The Kier molecular flexibility index (Phi) is 4.27. The SMILES string of the molecule is CC1CCC(NC(=O)[C@@H]2CC=CC[C@@H]2C(=O)O)C1C. The van der Waals surface area contributed by atoms with Crippen LogP contribution in [-0.2, 0) is 9.59 Å². The van der Waals surface area contributed by atoms with Gasteiger partial charge in [-0.1, -0.05) is 26.0 Å². The number of nitrogens with one attached hydrogen (secondary N) is 1. The van der Waals surface area contributed by atoms with E-state index in [9.17, 15) is 14.7 Å². The molecule has 19 heavy (non-hydrogen) atoms. The fourth-order valence-electron chi connectivity index (χ4n) is 3.24.